The van der Waals surface area contributed by atoms with Gasteiger partial charge in [0.25, 0.3) is 5.69 Å². The summed E-state index contributed by atoms with van der Waals surface area (Å²) in [4.78, 5) is 10.5. The van der Waals surface area contributed by atoms with E-state index in [1.54, 1.807) is 0 Å². The minimum Gasteiger partial charge on any atom is -0.493 e. The highest BCUT2D eigenvalue weighted by Crippen LogP contribution is 2.37. The van der Waals surface area contributed by atoms with E-state index in [9.17, 15) is 25.4 Å². The fourth-order valence-corrected chi connectivity index (χ4v) is 1.86. The Morgan fingerprint density at radius 2 is 1.74 bits per heavy atom. The molecule has 10 nitrogen and oxygen atoms in total. The third-order valence-corrected chi connectivity index (χ3v) is 3.18. The van der Waals surface area contributed by atoms with Crippen molar-refractivity contribution in [3.63, 3.8) is 0 Å². The summed E-state index contributed by atoms with van der Waals surface area (Å²) in [7, 11) is 2.70. The number of aliphatic hydroxyl groups excluding tert-OH is 4. The van der Waals surface area contributed by atoms with Gasteiger partial charge in [-0.25, -0.2) is 0 Å². The first-order chi connectivity index (χ1) is 10.8. The molecule has 5 N–H and O–H groups in total. The summed E-state index contributed by atoms with van der Waals surface area (Å²) in [5.74, 6) is 0.409. The van der Waals surface area contributed by atoms with Gasteiger partial charge in [0.2, 0.25) is 0 Å². The fraction of sp³-hybridized carbons (Fsp3) is 0.538. The minimum atomic E-state index is -1.60. The molecule has 0 aliphatic carbocycles. The summed E-state index contributed by atoms with van der Waals surface area (Å²) >= 11 is 0. The van der Waals surface area contributed by atoms with E-state index in [-0.39, 0.29) is 29.4 Å². The van der Waals surface area contributed by atoms with Gasteiger partial charge in [0, 0.05) is 12.6 Å². The van der Waals surface area contributed by atoms with Gasteiger partial charge < -0.3 is 35.2 Å². The Morgan fingerprint density at radius 1 is 1.17 bits per heavy atom. The van der Waals surface area contributed by atoms with Gasteiger partial charge in [-0.15, -0.1) is 0 Å². The maximum Gasteiger partial charge on any atom is 0.296 e. The van der Waals surface area contributed by atoms with E-state index in [4.69, 9.17) is 14.6 Å². The number of nitro benzene ring substituents is 1. The normalized spacial score (nSPS) is 14.7. The Kier molecular flexibility index (Phi) is 6.97. The summed E-state index contributed by atoms with van der Waals surface area (Å²) in [5, 5.41) is 51.0. The molecule has 10 heteroatoms. The number of benzene rings is 1. The Morgan fingerprint density at radius 3 is 2.22 bits per heavy atom. The number of nitrogens with one attached hydrogen (secondary N) is 1. The van der Waals surface area contributed by atoms with E-state index >= 15 is 0 Å². The van der Waals surface area contributed by atoms with Crippen LogP contribution in [0.25, 0.3) is 0 Å². The van der Waals surface area contributed by atoms with E-state index in [0.29, 0.717) is 0 Å². The Labute approximate surface area is 132 Å². The third kappa shape index (κ3) is 4.66. The number of hydrogen-bond acceptors (Lipinski definition) is 9. The highest BCUT2D eigenvalue weighted by Gasteiger charge is 2.25. The largest absolute Gasteiger partial charge is 0.493 e. The predicted octanol–water partition coefficient (Wildman–Crippen LogP) is -0.901. The third-order valence-electron chi connectivity index (χ3n) is 3.18. The molecule has 0 amide bonds. The number of hydrogen-bond donors (Lipinski definition) is 5. The van der Waals surface area contributed by atoms with Gasteiger partial charge in [-0.3, -0.25) is 10.1 Å². The van der Waals surface area contributed by atoms with Crippen molar-refractivity contribution in [3.8, 4) is 11.5 Å². The molecule has 3 atom stereocenters. The number of ether oxygens (including phenoxy) is 2. The van der Waals surface area contributed by atoms with Crippen molar-refractivity contribution in [3.05, 3.63) is 22.2 Å². The van der Waals surface area contributed by atoms with Crippen LogP contribution in [0.1, 0.15) is 0 Å². The molecule has 0 saturated carbocycles. The molecule has 0 aliphatic rings. The summed E-state index contributed by atoms with van der Waals surface area (Å²) in [6.45, 7) is -1.02. The van der Waals surface area contributed by atoms with Gasteiger partial charge in [0.15, 0.2) is 11.5 Å². The van der Waals surface area contributed by atoms with Crippen molar-refractivity contribution in [1.29, 1.82) is 0 Å². The molecule has 0 spiro atoms. The molecule has 0 aliphatic heterocycles. The standard InChI is InChI=1S/C13H20N2O8/c1-22-11-3-7(8(15(20)21)4-12(11)23-2)14-5-9(17)13(19)10(18)6-16/h3-4,9-10,13-14,16-19H,5-6H2,1-2H3. The van der Waals surface area contributed by atoms with Crippen molar-refractivity contribution in [1.82, 2.24) is 0 Å². The fourth-order valence-electron chi connectivity index (χ4n) is 1.86. The second-order valence-corrected chi connectivity index (χ2v) is 4.67. The number of aliphatic hydroxyl groups is 4. The number of methoxy groups -OCH3 is 2. The monoisotopic (exact) mass is 332 g/mol. The zero-order valence-electron chi connectivity index (χ0n) is 12.7. The van der Waals surface area contributed by atoms with Crippen LogP contribution in [0.4, 0.5) is 11.4 Å². The average Bonchev–Trinajstić information content (AvgIpc) is 2.56. The van der Waals surface area contributed by atoms with Crippen LogP contribution < -0.4 is 14.8 Å². The molecule has 23 heavy (non-hydrogen) atoms. The minimum absolute atomic E-state index is 0.0392. The Balaban J connectivity index is 2.96. The van der Waals surface area contributed by atoms with Gasteiger partial charge in [-0.05, 0) is 0 Å². The highest BCUT2D eigenvalue weighted by atomic mass is 16.6. The first kappa shape index (κ1) is 18.9. The van der Waals surface area contributed by atoms with Crippen LogP contribution in [0.3, 0.4) is 0 Å². The zero-order chi connectivity index (χ0) is 17.6. The maximum atomic E-state index is 11.1. The molecule has 0 heterocycles. The Hall–Kier alpha value is -2.14. The van der Waals surface area contributed by atoms with Gasteiger partial charge in [0.05, 0.1) is 37.9 Å². The molecule has 0 fully saturated rings. The molecule has 0 saturated heterocycles. The number of rotatable bonds is 9. The molecule has 0 bridgehead atoms. The van der Waals surface area contributed by atoms with Crippen molar-refractivity contribution < 1.29 is 34.8 Å². The quantitative estimate of drug-likeness (QED) is 0.286. The Bertz CT molecular complexity index is 539. The van der Waals surface area contributed by atoms with Gasteiger partial charge in [-0.2, -0.15) is 0 Å². The molecule has 0 aromatic heterocycles. The molecule has 1 rings (SSSR count). The predicted molar refractivity (Wildman–Crippen MR) is 79.8 cm³/mol. The van der Waals surface area contributed by atoms with Crippen molar-refractivity contribution in [2.45, 2.75) is 18.3 Å². The van der Waals surface area contributed by atoms with Crippen molar-refractivity contribution in [2.75, 3.05) is 32.7 Å². The van der Waals surface area contributed by atoms with Gasteiger partial charge in [-0.1, -0.05) is 0 Å². The lowest BCUT2D eigenvalue weighted by molar-refractivity contribution is -0.384. The number of anilines is 1. The van der Waals surface area contributed by atoms with E-state index in [0.717, 1.165) is 6.07 Å². The van der Waals surface area contributed by atoms with Crippen LogP contribution in [0.15, 0.2) is 12.1 Å². The molecule has 1 aromatic rings. The highest BCUT2D eigenvalue weighted by molar-refractivity contribution is 5.68. The molecular formula is C13H20N2O8. The van der Waals surface area contributed by atoms with Gasteiger partial charge >= 0.3 is 0 Å². The molecule has 3 unspecified atom stereocenters. The van der Waals surface area contributed by atoms with E-state index < -0.39 is 29.8 Å². The lowest BCUT2D eigenvalue weighted by Gasteiger charge is -2.22. The van der Waals surface area contributed by atoms with Crippen LogP contribution in [-0.4, -0.2) is 71.0 Å². The summed E-state index contributed by atoms with van der Waals surface area (Å²) in [6.07, 6.45) is -4.58. The van der Waals surface area contributed by atoms with E-state index in [1.165, 1.54) is 20.3 Å². The number of nitro groups is 1. The average molecular weight is 332 g/mol. The van der Waals surface area contributed by atoms with Crippen LogP contribution in [0, 0.1) is 10.1 Å². The SMILES string of the molecule is COc1cc(NCC(O)C(O)C(O)CO)c([N+](=O)[O-])cc1OC. The van der Waals surface area contributed by atoms with Crippen molar-refractivity contribution in [2.24, 2.45) is 0 Å². The van der Waals surface area contributed by atoms with E-state index in [1.807, 2.05) is 0 Å². The topological polar surface area (TPSA) is 155 Å². The summed E-state index contributed by atoms with van der Waals surface area (Å²) < 4.78 is 10.0. The second-order valence-electron chi connectivity index (χ2n) is 4.67. The lowest BCUT2D eigenvalue weighted by atomic mass is 10.1. The molecule has 130 valence electrons. The first-order valence-electron chi connectivity index (χ1n) is 6.65. The van der Waals surface area contributed by atoms with Gasteiger partial charge in [0.1, 0.15) is 17.9 Å². The number of nitrogens with zero attached hydrogens (tertiary/aromatic N) is 1. The maximum absolute atomic E-state index is 11.1. The van der Waals surface area contributed by atoms with Crippen molar-refractivity contribution >= 4 is 11.4 Å². The lowest BCUT2D eigenvalue weighted by Crippen LogP contribution is -2.42. The summed E-state index contributed by atoms with van der Waals surface area (Å²) in [5.41, 5.74) is -0.274. The second kappa shape index (κ2) is 8.48. The molecule has 0 radical (unpaired) electrons. The van der Waals surface area contributed by atoms with Crippen LogP contribution in [-0.2, 0) is 0 Å². The summed E-state index contributed by atoms with van der Waals surface area (Å²) in [6, 6.07) is 2.48. The van der Waals surface area contributed by atoms with Crippen LogP contribution in [0.5, 0.6) is 11.5 Å². The first-order valence-corrected chi connectivity index (χ1v) is 6.65. The molecule has 1 aromatic carbocycles. The van der Waals surface area contributed by atoms with E-state index in [2.05, 4.69) is 5.32 Å². The molecular weight excluding hydrogens is 312 g/mol. The smallest absolute Gasteiger partial charge is 0.296 e. The zero-order valence-corrected chi connectivity index (χ0v) is 12.7. The van der Waals surface area contributed by atoms with Crippen LogP contribution >= 0.6 is 0 Å². The van der Waals surface area contributed by atoms with Crippen LogP contribution in [0.2, 0.25) is 0 Å².